The largest absolute Gasteiger partial charge is 0.477 e. The molecule has 0 amide bonds. The molecule has 1 N–H and O–H groups in total. The highest BCUT2D eigenvalue weighted by Crippen LogP contribution is 2.59. The van der Waals surface area contributed by atoms with Crippen molar-refractivity contribution < 1.29 is 47.3 Å². The van der Waals surface area contributed by atoms with Gasteiger partial charge in [0.15, 0.2) is 6.10 Å². The van der Waals surface area contributed by atoms with Gasteiger partial charge in [-0.15, -0.1) is 0 Å². The van der Waals surface area contributed by atoms with Crippen LogP contribution < -0.4 is 0 Å². The second-order valence-electron chi connectivity index (χ2n) is 7.62. The van der Waals surface area contributed by atoms with Crippen molar-refractivity contribution in [3.63, 3.8) is 0 Å². The Bertz CT molecular complexity index is 690. The Kier molecular flexibility index (Phi) is 4.63. The van der Waals surface area contributed by atoms with Crippen LogP contribution in [0.3, 0.4) is 0 Å². The summed E-state index contributed by atoms with van der Waals surface area (Å²) in [6, 6.07) is 0. The third kappa shape index (κ3) is 2.94. The molecule has 1 saturated heterocycles. The fraction of sp³-hybridized carbons (Fsp3) is 0.765. The monoisotopic (exact) mass is 390 g/mol. The van der Waals surface area contributed by atoms with Crippen molar-refractivity contribution in [1.82, 2.24) is 0 Å². The lowest BCUT2D eigenvalue weighted by Crippen LogP contribution is -2.50. The molecule has 10 heteroatoms. The number of alkyl halides is 2. The highest BCUT2D eigenvalue weighted by Gasteiger charge is 2.70. The van der Waals surface area contributed by atoms with Gasteiger partial charge in [-0.1, -0.05) is 13.8 Å². The Hall–Kier alpha value is -2.26. The molecule has 8 nitrogen and oxygen atoms in total. The van der Waals surface area contributed by atoms with Gasteiger partial charge in [-0.2, -0.15) is 8.78 Å². The summed E-state index contributed by atoms with van der Waals surface area (Å²) in [4.78, 5) is 47.1. The number of rotatable bonds is 6. The van der Waals surface area contributed by atoms with Crippen LogP contribution in [0.5, 0.6) is 0 Å². The van der Waals surface area contributed by atoms with Crippen LogP contribution in [0, 0.1) is 29.6 Å². The fourth-order valence-electron chi connectivity index (χ4n) is 4.61. The summed E-state index contributed by atoms with van der Waals surface area (Å²) in [7, 11) is 0. The molecular formula is C17H20F2O8. The zero-order valence-corrected chi connectivity index (χ0v) is 14.9. The van der Waals surface area contributed by atoms with Crippen LogP contribution in [-0.4, -0.2) is 53.2 Å². The first-order valence-electron chi connectivity index (χ1n) is 8.66. The maximum Gasteiger partial charge on any atom is 0.378 e. The zero-order chi connectivity index (χ0) is 20.3. The molecular weight excluding hydrogens is 370 g/mol. The molecule has 7 atom stereocenters. The molecule has 3 aliphatic rings. The van der Waals surface area contributed by atoms with E-state index in [1.54, 1.807) is 0 Å². The van der Waals surface area contributed by atoms with Crippen LogP contribution in [-0.2, 0) is 33.4 Å². The van der Waals surface area contributed by atoms with E-state index >= 15 is 0 Å². The van der Waals surface area contributed by atoms with Crippen LogP contribution in [0.25, 0.3) is 0 Å². The van der Waals surface area contributed by atoms with Crippen LogP contribution >= 0.6 is 0 Å². The first-order chi connectivity index (χ1) is 12.5. The quantitative estimate of drug-likeness (QED) is 0.528. The third-order valence-electron chi connectivity index (χ3n) is 5.61. The van der Waals surface area contributed by atoms with Gasteiger partial charge in [0.2, 0.25) is 0 Å². The molecule has 27 heavy (non-hydrogen) atoms. The number of carboxylic acids is 1. The molecule has 2 saturated carbocycles. The van der Waals surface area contributed by atoms with Gasteiger partial charge in [-0.25, -0.2) is 4.79 Å². The molecule has 2 aliphatic carbocycles. The van der Waals surface area contributed by atoms with E-state index in [4.69, 9.17) is 19.3 Å². The zero-order valence-electron chi connectivity index (χ0n) is 14.9. The van der Waals surface area contributed by atoms with Crippen LogP contribution in [0.2, 0.25) is 0 Å². The molecule has 0 aromatic carbocycles. The van der Waals surface area contributed by atoms with Crippen molar-refractivity contribution in [2.75, 3.05) is 0 Å². The lowest BCUT2D eigenvalue weighted by molar-refractivity contribution is -0.204. The Morgan fingerprint density at radius 2 is 1.89 bits per heavy atom. The minimum absolute atomic E-state index is 0.359. The minimum atomic E-state index is -4.28. The highest BCUT2D eigenvalue weighted by molar-refractivity contribution is 5.86. The van der Waals surface area contributed by atoms with Crippen LogP contribution in [0.4, 0.5) is 8.78 Å². The molecule has 1 aliphatic heterocycles. The summed E-state index contributed by atoms with van der Waals surface area (Å²) in [5, 5.41) is 8.76. The number of hydrogen-bond acceptors (Lipinski definition) is 7. The van der Waals surface area contributed by atoms with Gasteiger partial charge in [0.05, 0.1) is 11.8 Å². The minimum Gasteiger partial charge on any atom is -0.477 e. The molecule has 3 fully saturated rings. The Morgan fingerprint density at radius 3 is 2.41 bits per heavy atom. The Morgan fingerprint density at radius 1 is 1.26 bits per heavy atom. The molecule has 0 aromatic heterocycles. The summed E-state index contributed by atoms with van der Waals surface area (Å²) < 4.78 is 43.3. The number of carbonyl (C=O) groups is 4. The van der Waals surface area contributed by atoms with Crippen molar-refractivity contribution in [2.24, 2.45) is 29.6 Å². The van der Waals surface area contributed by atoms with Gasteiger partial charge in [-0.3, -0.25) is 14.4 Å². The van der Waals surface area contributed by atoms with E-state index in [-0.39, 0.29) is 5.92 Å². The van der Waals surface area contributed by atoms with E-state index in [1.807, 2.05) is 0 Å². The number of aliphatic carboxylic acids is 1. The van der Waals surface area contributed by atoms with Crippen molar-refractivity contribution in [2.45, 2.75) is 51.4 Å². The third-order valence-corrected chi connectivity index (χ3v) is 5.61. The number of halogens is 2. The first-order valence-corrected chi connectivity index (χ1v) is 8.66. The summed E-state index contributed by atoms with van der Waals surface area (Å²) in [5.74, 6) is -13.0. The second-order valence-corrected chi connectivity index (χ2v) is 7.62. The molecule has 2 bridgehead atoms. The number of esters is 3. The van der Waals surface area contributed by atoms with Gasteiger partial charge >= 0.3 is 29.8 Å². The van der Waals surface area contributed by atoms with Crippen LogP contribution in [0.15, 0.2) is 0 Å². The predicted molar refractivity (Wildman–Crippen MR) is 81.3 cm³/mol. The smallest absolute Gasteiger partial charge is 0.378 e. The Labute approximate surface area is 153 Å². The topological polar surface area (TPSA) is 116 Å². The van der Waals surface area contributed by atoms with Crippen molar-refractivity contribution in [3.05, 3.63) is 0 Å². The number of carboxylic acid groups (broad SMARTS) is 1. The molecule has 1 heterocycles. The maximum absolute atomic E-state index is 14.0. The molecule has 150 valence electrons. The average molecular weight is 390 g/mol. The van der Waals surface area contributed by atoms with Crippen molar-refractivity contribution >= 4 is 23.9 Å². The van der Waals surface area contributed by atoms with E-state index in [0.717, 1.165) is 0 Å². The van der Waals surface area contributed by atoms with Crippen molar-refractivity contribution in [3.8, 4) is 0 Å². The van der Waals surface area contributed by atoms with Gasteiger partial charge < -0.3 is 19.3 Å². The second kappa shape index (κ2) is 6.42. The number of fused-ring (bicyclic) bond motifs is 1. The molecule has 0 aromatic rings. The van der Waals surface area contributed by atoms with Gasteiger partial charge in [0.1, 0.15) is 12.2 Å². The van der Waals surface area contributed by atoms with Crippen molar-refractivity contribution in [1.29, 1.82) is 0 Å². The van der Waals surface area contributed by atoms with Gasteiger partial charge in [0, 0.05) is 18.8 Å². The van der Waals surface area contributed by atoms with Crippen LogP contribution in [0.1, 0.15) is 27.2 Å². The van der Waals surface area contributed by atoms with Gasteiger partial charge in [0.25, 0.3) is 0 Å². The van der Waals surface area contributed by atoms with E-state index < -0.39 is 71.8 Å². The first kappa shape index (κ1) is 19.5. The lowest BCUT2D eigenvalue weighted by atomic mass is 9.78. The SMILES string of the molecule is CC(=O)OC1C2CC3C1OC(=O)C3C2C(=O)OC(C(C)C)C(F)(F)C(=O)O. The van der Waals surface area contributed by atoms with E-state index in [9.17, 15) is 28.0 Å². The summed E-state index contributed by atoms with van der Waals surface area (Å²) in [6.07, 6.45) is -3.32. The molecule has 0 radical (unpaired) electrons. The van der Waals surface area contributed by atoms with E-state index in [1.165, 1.54) is 20.8 Å². The Balaban J connectivity index is 1.84. The average Bonchev–Trinajstić information content (AvgIpc) is 3.14. The normalized spacial score (nSPS) is 35.1. The number of hydrogen-bond donors (Lipinski definition) is 1. The predicted octanol–water partition coefficient (Wildman–Crippen LogP) is 1.01. The summed E-state index contributed by atoms with van der Waals surface area (Å²) in [5.41, 5.74) is 0. The number of carbonyl (C=O) groups excluding carboxylic acids is 3. The summed E-state index contributed by atoms with van der Waals surface area (Å²) in [6.45, 7) is 3.78. The maximum atomic E-state index is 14.0. The van der Waals surface area contributed by atoms with Gasteiger partial charge in [-0.05, 0) is 12.3 Å². The lowest BCUT2D eigenvalue weighted by Gasteiger charge is -2.32. The van der Waals surface area contributed by atoms with E-state index in [2.05, 4.69) is 0 Å². The molecule has 0 spiro atoms. The number of ether oxygens (including phenoxy) is 3. The fourth-order valence-corrected chi connectivity index (χ4v) is 4.61. The van der Waals surface area contributed by atoms with E-state index in [0.29, 0.717) is 6.42 Å². The molecule has 7 unspecified atom stereocenters. The highest BCUT2D eigenvalue weighted by atomic mass is 19.3. The summed E-state index contributed by atoms with van der Waals surface area (Å²) >= 11 is 0. The molecule has 3 rings (SSSR count). The standard InChI is InChI=1S/C17H20F2O8/c1-5(2)13(17(18,19)16(23)24)27-15(22)10-7-4-8-9(10)14(21)26-12(8)11(7)25-6(3)20/h5,7-13H,4H2,1-3H3,(H,23,24).